The van der Waals surface area contributed by atoms with Gasteiger partial charge in [-0.15, -0.1) is 0 Å². The number of hydrogen-bond donors (Lipinski definition) is 1. The smallest absolute Gasteiger partial charge is 0.243 e. The molecular weight excluding hydrogens is 308 g/mol. The minimum atomic E-state index is -0.0423. The monoisotopic (exact) mass is 328 g/mol. The molecule has 1 amide bonds. The number of anilines is 2. The number of nitrogens with zero attached hydrogens (tertiary/aromatic N) is 1. The number of aryl methyl sites for hydroxylation is 2. The van der Waals surface area contributed by atoms with Crippen LogP contribution in [0.4, 0.5) is 11.4 Å². The molecule has 1 aliphatic rings. The first-order valence-electron chi connectivity index (χ1n) is 7.95. The predicted octanol–water partition coefficient (Wildman–Crippen LogP) is 4.43. The van der Waals surface area contributed by atoms with Crippen LogP contribution in [0.2, 0.25) is 5.02 Å². The Balaban J connectivity index is 1.75. The molecule has 120 valence electrons. The molecule has 2 aromatic rings. The Kier molecular flexibility index (Phi) is 4.58. The van der Waals surface area contributed by atoms with Crippen LogP contribution >= 0.6 is 11.6 Å². The van der Waals surface area contributed by atoms with E-state index in [0.29, 0.717) is 23.3 Å². The first-order valence-corrected chi connectivity index (χ1v) is 8.33. The van der Waals surface area contributed by atoms with E-state index >= 15 is 0 Å². The molecule has 3 rings (SSSR count). The second-order valence-electron chi connectivity index (χ2n) is 6.18. The zero-order valence-electron chi connectivity index (χ0n) is 13.5. The molecule has 1 N–H and O–H groups in total. The van der Waals surface area contributed by atoms with Gasteiger partial charge in [0.05, 0.1) is 17.3 Å². The molecule has 0 unspecified atom stereocenters. The van der Waals surface area contributed by atoms with E-state index in [4.69, 9.17) is 11.6 Å². The van der Waals surface area contributed by atoms with Gasteiger partial charge in [0.1, 0.15) is 0 Å². The van der Waals surface area contributed by atoms with E-state index in [1.807, 2.05) is 31.2 Å². The lowest BCUT2D eigenvalue weighted by Crippen LogP contribution is -2.42. The third-order valence-corrected chi connectivity index (χ3v) is 4.69. The molecule has 0 aromatic heterocycles. The van der Waals surface area contributed by atoms with Gasteiger partial charge in [0.2, 0.25) is 5.91 Å². The molecule has 1 aliphatic heterocycles. The predicted molar refractivity (Wildman–Crippen MR) is 96.4 cm³/mol. The SMILES string of the molecule is Cc1ccc(NC(=O)CN2c3ccccc3CC[C@H]2C)c(Cl)c1. The molecule has 0 aliphatic carbocycles. The Labute approximate surface area is 142 Å². The lowest BCUT2D eigenvalue weighted by molar-refractivity contribution is -0.115. The number of rotatable bonds is 3. The number of halogens is 1. The van der Waals surface area contributed by atoms with E-state index in [2.05, 4.69) is 35.3 Å². The summed E-state index contributed by atoms with van der Waals surface area (Å²) in [7, 11) is 0. The van der Waals surface area contributed by atoms with Gasteiger partial charge in [0.15, 0.2) is 0 Å². The van der Waals surface area contributed by atoms with Crippen LogP contribution in [0.3, 0.4) is 0 Å². The normalized spacial score (nSPS) is 16.8. The van der Waals surface area contributed by atoms with Crippen molar-refractivity contribution in [2.24, 2.45) is 0 Å². The van der Waals surface area contributed by atoms with Gasteiger partial charge < -0.3 is 10.2 Å². The van der Waals surface area contributed by atoms with Gasteiger partial charge in [0, 0.05) is 11.7 Å². The Morgan fingerprint density at radius 2 is 2.09 bits per heavy atom. The number of nitrogens with one attached hydrogen (secondary N) is 1. The van der Waals surface area contributed by atoms with Crippen LogP contribution < -0.4 is 10.2 Å². The summed E-state index contributed by atoms with van der Waals surface area (Å²) in [6, 6.07) is 14.3. The number of fused-ring (bicyclic) bond motifs is 1. The standard InChI is InChI=1S/C19H21ClN2O/c1-13-7-10-17(16(20)11-13)21-19(23)12-22-14(2)8-9-15-5-3-4-6-18(15)22/h3-7,10-11,14H,8-9,12H2,1-2H3,(H,21,23)/t14-/m1/s1. The maximum atomic E-state index is 12.5. The number of hydrogen-bond acceptors (Lipinski definition) is 2. The number of para-hydroxylation sites is 1. The summed E-state index contributed by atoms with van der Waals surface area (Å²) >= 11 is 6.20. The van der Waals surface area contributed by atoms with Gasteiger partial charge >= 0.3 is 0 Å². The largest absolute Gasteiger partial charge is 0.359 e. The van der Waals surface area contributed by atoms with Crippen molar-refractivity contribution in [2.45, 2.75) is 32.7 Å². The quantitative estimate of drug-likeness (QED) is 0.904. The number of amides is 1. The molecule has 2 aromatic carbocycles. The molecule has 0 spiro atoms. The lowest BCUT2D eigenvalue weighted by atomic mass is 9.96. The minimum absolute atomic E-state index is 0.0423. The average molecular weight is 329 g/mol. The molecule has 0 fully saturated rings. The molecule has 0 bridgehead atoms. The highest BCUT2D eigenvalue weighted by atomic mass is 35.5. The molecule has 4 heteroatoms. The summed E-state index contributed by atoms with van der Waals surface area (Å²) < 4.78 is 0. The second kappa shape index (κ2) is 6.63. The van der Waals surface area contributed by atoms with Crippen molar-refractivity contribution in [1.82, 2.24) is 0 Å². The van der Waals surface area contributed by atoms with E-state index in [1.165, 1.54) is 5.56 Å². The second-order valence-corrected chi connectivity index (χ2v) is 6.58. The van der Waals surface area contributed by atoms with E-state index < -0.39 is 0 Å². The summed E-state index contributed by atoms with van der Waals surface area (Å²) in [5.74, 6) is -0.0423. The molecule has 1 heterocycles. The minimum Gasteiger partial charge on any atom is -0.359 e. The van der Waals surface area contributed by atoms with Crippen LogP contribution in [0.15, 0.2) is 42.5 Å². The zero-order valence-corrected chi connectivity index (χ0v) is 14.2. The maximum absolute atomic E-state index is 12.5. The summed E-state index contributed by atoms with van der Waals surface area (Å²) in [4.78, 5) is 14.6. The molecule has 1 atom stereocenters. The van der Waals surface area contributed by atoms with Crippen LogP contribution in [0, 0.1) is 6.92 Å². The van der Waals surface area contributed by atoms with Crippen LogP contribution in [0.1, 0.15) is 24.5 Å². The first-order chi connectivity index (χ1) is 11.0. The van der Waals surface area contributed by atoms with E-state index in [-0.39, 0.29) is 5.91 Å². The number of carbonyl (C=O) groups is 1. The third kappa shape index (κ3) is 3.50. The van der Waals surface area contributed by atoms with E-state index in [1.54, 1.807) is 0 Å². The van der Waals surface area contributed by atoms with Crippen molar-refractivity contribution in [3.63, 3.8) is 0 Å². The molecule has 3 nitrogen and oxygen atoms in total. The van der Waals surface area contributed by atoms with Gasteiger partial charge in [-0.1, -0.05) is 35.9 Å². The van der Waals surface area contributed by atoms with Gasteiger partial charge in [-0.05, 0) is 56.0 Å². The summed E-state index contributed by atoms with van der Waals surface area (Å²) in [6.07, 6.45) is 2.13. The Hall–Kier alpha value is -2.00. The van der Waals surface area contributed by atoms with Crippen LogP contribution in [-0.4, -0.2) is 18.5 Å². The fourth-order valence-electron chi connectivity index (χ4n) is 3.07. The fraction of sp³-hybridized carbons (Fsp3) is 0.316. The fourth-order valence-corrected chi connectivity index (χ4v) is 3.35. The first kappa shape index (κ1) is 15.9. The van der Waals surface area contributed by atoms with Crippen molar-refractivity contribution < 1.29 is 4.79 Å². The Morgan fingerprint density at radius 3 is 2.87 bits per heavy atom. The topological polar surface area (TPSA) is 32.3 Å². The van der Waals surface area contributed by atoms with Gasteiger partial charge in [-0.3, -0.25) is 4.79 Å². The van der Waals surface area contributed by atoms with Crippen LogP contribution in [-0.2, 0) is 11.2 Å². The summed E-state index contributed by atoms with van der Waals surface area (Å²) in [6.45, 7) is 4.48. The summed E-state index contributed by atoms with van der Waals surface area (Å²) in [5, 5.41) is 3.50. The van der Waals surface area contributed by atoms with Gasteiger partial charge in [-0.25, -0.2) is 0 Å². The average Bonchev–Trinajstić information content (AvgIpc) is 2.53. The molecule has 23 heavy (non-hydrogen) atoms. The molecular formula is C19H21ClN2O. The molecule has 0 radical (unpaired) electrons. The Bertz CT molecular complexity index is 729. The van der Waals surface area contributed by atoms with E-state index in [0.717, 1.165) is 24.1 Å². The number of benzene rings is 2. The molecule has 0 saturated heterocycles. The van der Waals surface area contributed by atoms with Gasteiger partial charge in [-0.2, -0.15) is 0 Å². The number of carbonyl (C=O) groups excluding carboxylic acids is 1. The van der Waals surface area contributed by atoms with E-state index in [9.17, 15) is 4.79 Å². The van der Waals surface area contributed by atoms with Crippen LogP contribution in [0.5, 0.6) is 0 Å². The Morgan fingerprint density at radius 1 is 1.30 bits per heavy atom. The highest BCUT2D eigenvalue weighted by molar-refractivity contribution is 6.33. The van der Waals surface area contributed by atoms with Crippen molar-refractivity contribution >= 4 is 28.9 Å². The molecule has 0 saturated carbocycles. The van der Waals surface area contributed by atoms with Gasteiger partial charge in [0.25, 0.3) is 0 Å². The third-order valence-electron chi connectivity index (χ3n) is 4.38. The van der Waals surface area contributed by atoms with Crippen molar-refractivity contribution in [3.8, 4) is 0 Å². The lowest BCUT2D eigenvalue weighted by Gasteiger charge is -2.36. The maximum Gasteiger partial charge on any atom is 0.243 e. The summed E-state index contributed by atoms with van der Waals surface area (Å²) in [5.41, 5.74) is 4.22. The highest BCUT2D eigenvalue weighted by Crippen LogP contribution is 2.30. The van der Waals surface area contributed by atoms with Crippen molar-refractivity contribution in [3.05, 3.63) is 58.6 Å². The zero-order chi connectivity index (χ0) is 16.4. The van der Waals surface area contributed by atoms with Crippen molar-refractivity contribution in [2.75, 3.05) is 16.8 Å². The van der Waals surface area contributed by atoms with Crippen molar-refractivity contribution in [1.29, 1.82) is 0 Å². The highest BCUT2D eigenvalue weighted by Gasteiger charge is 2.24. The van der Waals surface area contributed by atoms with Crippen LogP contribution in [0.25, 0.3) is 0 Å².